The molecule has 3 aliphatic rings. The first-order chi connectivity index (χ1) is 13.3. The molecule has 0 bridgehead atoms. The minimum Gasteiger partial charge on any atom is -0.446 e. The summed E-state index contributed by atoms with van der Waals surface area (Å²) in [6.45, 7) is 11.5. The molecule has 2 aliphatic heterocycles. The number of alkyl carbamates (subject to hydrolysis) is 1. The molecule has 0 spiro atoms. The smallest absolute Gasteiger partial charge is 0.407 e. The van der Waals surface area contributed by atoms with Gasteiger partial charge in [0.2, 0.25) is 0 Å². The number of nitrogens with zero attached hydrogens (tertiary/aromatic N) is 2. The van der Waals surface area contributed by atoms with Crippen LogP contribution < -0.4 is 16.0 Å². The molecule has 3 N–H and O–H groups in total. The number of anilines is 2. The normalized spacial score (nSPS) is 28.1. The van der Waals surface area contributed by atoms with Crippen LogP contribution in [0.15, 0.2) is 24.3 Å². The van der Waals surface area contributed by atoms with E-state index in [1.807, 2.05) is 32.9 Å². The molecule has 3 fully saturated rings. The number of likely N-dealkylation sites (tertiary alicyclic amines) is 1. The van der Waals surface area contributed by atoms with Gasteiger partial charge in [-0.3, -0.25) is 0 Å². The lowest BCUT2D eigenvalue weighted by Crippen LogP contribution is -2.42. The standard InChI is InChI=1S/C22H34N4O2/c1-22(2,3)24-21(27)28-20-18-13-25(14-19(18)20)12-15-8-10-26(11-9-15)17-6-4-16(23)5-7-17/h4-7,15,18-20H,8-14,23H2,1-3H3,(H,24,27). The minimum atomic E-state index is -0.270. The molecule has 0 aromatic heterocycles. The molecule has 1 aromatic rings. The third-order valence-electron chi connectivity index (χ3n) is 6.30. The number of ether oxygens (including phenoxy) is 1. The third-order valence-corrected chi connectivity index (χ3v) is 6.30. The van der Waals surface area contributed by atoms with Crippen LogP contribution in [0.3, 0.4) is 0 Å². The Morgan fingerprint density at radius 1 is 1.14 bits per heavy atom. The number of piperidine rings is 2. The van der Waals surface area contributed by atoms with Crippen LogP contribution in [0.25, 0.3) is 0 Å². The fourth-order valence-electron chi connectivity index (χ4n) is 4.77. The molecule has 4 rings (SSSR count). The van der Waals surface area contributed by atoms with Crippen LogP contribution in [0.4, 0.5) is 16.2 Å². The number of carbonyl (C=O) groups excluding carboxylic acids is 1. The van der Waals surface area contributed by atoms with Gasteiger partial charge in [0, 0.05) is 61.5 Å². The van der Waals surface area contributed by atoms with E-state index in [9.17, 15) is 4.79 Å². The lowest BCUT2D eigenvalue weighted by atomic mass is 9.95. The number of hydrogen-bond acceptors (Lipinski definition) is 5. The van der Waals surface area contributed by atoms with Crippen LogP contribution >= 0.6 is 0 Å². The molecule has 2 unspecified atom stereocenters. The number of benzene rings is 1. The quantitative estimate of drug-likeness (QED) is 0.779. The van der Waals surface area contributed by atoms with Crippen LogP contribution in [0.2, 0.25) is 0 Å². The molecule has 1 aliphatic carbocycles. The lowest BCUT2D eigenvalue weighted by Gasteiger charge is -2.35. The largest absolute Gasteiger partial charge is 0.446 e. The van der Waals surface area contributed by atoms with E-state index in [0.717, 1.165) is 37.8 Å². The number of nitrogens with two attached hydrogens (primary N) is 1. The van der Waals surface area contributed by atoms with Crippen molar-refractivity contribution in [3.8, 4) is 0 Å². The van der Waals surface area contributed by atoms with E-state index >= 15 is 0 Å². The Morgan fingerprint density at radius 3 is 2.32 bits per heavy atom. The SMILES string of the molecule is CC(C)(C)NC(=O)OC1C2CN(CC3CCN(c4ccc(N)cc4)CC3)CC21. The van der Waals surface area contributed by atoms with Gasteiger partial charge in [0.05, 0.1) is 0 Å². The minimum absolute atomic E-state index is 0.131. The number of nitrogen functional groups attached to an aromatic ring is 1. The molecule has 1 amide bonds. The molecule has 0 radical (unpaired) electrons. The number of nitrogens with one attached hydrogen (secondary N) is 1. The zero-order chi connectivity index (χ0) is 19.9. The van der Waals surface area contributed by atoms with E-state index in [0.29, 0.717) is 11.8 Å². The molecule has 2 atom stereocenters. The molecule has 6 heteroatoms. The van der Waals surface area contributed by atoms with E-state index in [4.69, 9.17) is 10.5 Å². The first kappa shape index (κ1) is 19.4. The summed E-state index contributed by atoms with van der Waals surface area (Å²) in [5, 5.41) is 2.89. The van der Waals surface area contributed by atoms with Crippen molar-refractivity contribution in [1.82, 2.24) is 10.2 Å². The summed E-state index contributed by atoms with van der Waals surface area (Å²) in [7, 11) is 0. The van der Waals surface area contributed by atoms with Crippen molar-refractivity contribution < 1.29 is 9.53 Å². The fraction of sp³-hybridized carbons (Fsp3) is 0.682. The zero-order valence-corrected chi connectivity index (χ0v) is 17.4. The summed E-state index contributed by atoms with van der Waals surface area (Å²) in [6, 6.07) is 8.22. The number of carbonyl (C=O) groups is 1. The summed E-state index contributed by atoms with van der Waals surface area (Å²) in [4.78, 5) is 17.0. The van der Waals surface area contributed by atoms with Gasteiger partial charge in [-0.15, -0.1) is 0 Å². The monoisotopic (exact) mass is 386 g/mol. The van der Waals surface area contributed by atoms with Crippen molar-refractivity contribution in [3.05, 3.63) is 24.3 Å². The molecular weight excluding hydrogens is 352 g/mol. The van der Waals surface area contributed by atoms with Crippen LogP contribution in [-0.4, -0.2) is 55.4 Å². The van der Waals surface area contributed by atoms with Crippen LogP contribution in [0.1, 0.15) is 33.6 Å². The molecule has 1 aromatic carbocycles. The Bertz CT molecular complexity index is 679. The van der Waals surface area contributed by atoms with Gasteiger partial charge in [-0.2, -0.15) is 0 Å². The average molecular weight is 387 g/mol. The second-order valence-corrected chi connectivity index (χ2v) is 9.81. The highest BCUT2D eigenvalue weighted by atomic mass is 16.6. The summed E-state index contributed by atoms with van der Waals surface area (Å²) in [6.07, 6.45) is 2.34. The maximum atomic E-state index is 11.9. The molecule has 2 heterocycles. The van der Waals surface area contributed by atoms with Gasteiger partial charge in [0.25, 0.3) is 0 Å². The van der Waals surface area contributed by atoms with E-state index < -0.39 is 0 Å². The van der Waals surface area contributed by atoms with Crippen molar-refractivity contribution in [1.29, 1.82) is 0 Å². The molecule has 28 heavy (non-hydrogen) atoms. The summed E-state index contributed by atoms with van der Waals surface area (Å²) >= 11 is 0. The maximum Gasteiger partial charge on any atom is 0.407 e. The Morgan fingerprint density at radius 2 is 1.75 bits per heavy atom. The summed E-state index contributed by atoms with van der Waals surface area (Å²) in [5.41, 5.74) is 7.66. The first-order valence-electron chi connectivity index (χ1n) is 10.6. The van der Waals surface area contributed by atoms with Crippen LogP contribution in [-0.2, 0) is 4.74 Å². The van der Waals surface area contributed by atoms with E-state index in [1.165, 1.54) is 25.1 Å². The van der Waals surface area contributed by atoms with Gasteiger partial charge in [-0.1, -0.05) is 0 Å². The van der Waals surface area contributed by atoms with Gasteiger partial charge in [0.1, 0.15) is 6.10 Å². The van der Waals surface area contributed by atoms with Gasteiger partial charge in [0.15, 0.2) is 0 Å². The Labute approximate surface area is 168 Å². The maximum absolute atomic E-state index is 11.9. The Hall–Kier alpha value is -1.95. The van der Waals surface area contributed by atoms with Crippen molar-refractivity contribution in [2.75, 3.05) is 43.4 Å². The molecule has 1 saturated carbocycles. The van der Waals surface area contributed by atoms with Crippen molar-refractivity contribution in [3.63, 3.8) is 0 Å². The first-order valence-corrected chi connectivity index (χ1v) is 10.6. The topological polar surface area (TPSA) is 70.8 Å². The molecule has 2 saturated heterocycles. The highest BCUT2D eigenvalue weighted by Gasteiger charge is 2.58. The predicted octanol–water partition coefficient (Wildman–Crippen LogP) is 2.94. The van der Waals surface area contributed by atoms with Gasteiger partial charge < -0.3 is 25.6 Å². The van der Waals surface area contributed by atoms with Gasteiger partial charge in [-0.05, 0) is 63.8 Å². The van der Waals surface area contributed by atoms with E-state index in [1.54, 1.807) is 0 Å². The van der Waals surface area contributed by atoms with Gasteiger partial charge >= 0.3 is 6.09 Å². The number of hydrogen-bond donors (Lipinski definition) is 2. The van der Waals surface area contributed by atoms with Gasteiger partial charge in [-0.25, -0.2) is 4.79 Å². The molecule has 154 valence electrons. The average Bonchev–Trinajstić information content (AvgIpc) is 3.06. The second-order valence-electron chi connectivity index (χ2n) is 9.81. The third kappa shape index (κ3) is 4.54. The van der Waals surface area contributed by atoms with E-state index in [-0.39, 0.29) is 17.7 Å². The number of rotatable bonds is 4. The predicted molar refractivity (Wildman–Crippen MR) is 112 cm³/mol. The van der Waals surface area contributed by atoms with Crippen molar-refractivity contribution >= 4 is 17.5 Å². The zero-order valence-electron chi connectivity index (χ0n) is 17.4. The highest BCUT2D eigenvalue weighted by Crippen LogP contribution is 2.48. The highest BCUT2D eigenvalue weighted by molar-refractivity contribution is 5.68. The number of fused-ring (bicyclic) bond motifs is 1. The summed E-state index contributed by atoms with van der Waals surface area (Å²) in [5.74, 6) is 1.85. The lowest BCUT2D eigenvalue weighted by molar-refractivity contribution is 0.104. The Balaban J connectivity index is 1.16. The fourth-order valence-corrected chi connectivity index (χ4v) is 4.77. The van der Waals surface area contributed by atoms with Crippen molar-refractivity contribution in [2.24, 2.45) is 17.8 Å². The second kappa shape index (κ2) is 7.47. The summed E-state index contributed by atoms with van der Waals surface area (Å²) < 4.78 is 5.62. The Kier molecular flexibility index (Phi) is 5.17. The van der Waals surface area contributed by atoms with Crippen LogP contribution in [0.5, 0.6) is 0 Å². The van der Waals surface area contributed by atoms with Crippen molar-refractivity contribution in [2.45, 2.75) is 45.3 Å². The van der Waals surface area contributed by atoms with Crippen LogP contribution in [0, 0.1) is 17.8 Å². The molecular formula is C22H34N4O2. The van der Waals surface area contributed by atoms with E-state index in [2.05, 4.69) is 27.2 Å². The molecule has 6 nitrogen and oxygen atoms in total. The number of amides is 1.